The van der Waals surface area contributed by atoms with Crippen molar-refractivity contribution < 1.29 is 4.79 Å². The van der Waals surface area contributed by atoms with Crippen LogP contribution in [-0.4, -0.2) is 11.4 Å². The minimum absolute atomic E-state index is 0.678. The van der Waals surface area contributed by atoms with Crippen molar-refractivity contribution in [2.45, 2.75) is 6.92 Å². The molecule has 0 spiro atoms. The summed E-state index contributed by atoms with van der Waals surface area (Å²) in [4.78, 5) is 14.6. The Morgan fingerprint density at radius 3 is 3.00 bits per heavy atom. The molecule has 0 unspecified atom stereocenters. The summed E-state index contributed by atoms with van der Waals surface area (Å²) in [6, 6.07) is 7.63. The van der Waals surface area contributed by atoms with Crippen LogP contribution in [0.2, 0.25) is 0 Å². The summed E-state index contributed by atoms with van der Waals surface area (Å²) in [6.07, 6.45) is 2.43. The minimum Gasteiger partial charge on any atom is -0.328 e. The maximum Gasteiger partial charge on any atom is 0.211 e. The molecule has 2 aromatic rings. The van der Waals surface area contributed by atoms with E-state index in [1.54, 1.807) is 6.20 Å². The molecule has 3 heteroatoms. The number of aromatic nitrogens is 1. The number of fused-ring (bicyclic) bond motifs is 1. The van der Waals surface area contributed by atoms with Crippen LogP contribution in [-0.2, 0) is 4.79 Å². The van der Waals surface area contributed by atoms with E-state index in [0.29, 0.717) is 6.41 Å². The van der Waals surface area contributed by atoms with Crippen molar-refractivity contribution in [2.24, 2.45) is 0 Å². The number of nitrogens with zero attached hydrogens (tertiary/aromatic N) is 1. The Balaban J connectivity index is 2.74. The third kappa shape index (κ3) is 1.33. The second-order valence-corrected chi connectivity index (χ2v) is 3.09. The fourth-order valence-electron chi connectivity index (χ4n) is 1.50. The van der Waals surface area contributed by atoms with Crippen molar-refractivity contribution in [3.05, 3.63) is 36.0 Å². The first-order valence-electron chi connectivity index (χ1n) is 4.37. The lowest BCUT2D eigenvalue weighted by Crippen LogP contribution is -1.95. The van der Waals surface area contributed by atoms with E-state index in [2.05, 4.69) is 10.3 Å². The monoisotopic (exact) mass is 186 g/mol. The molecular weight excluding hydrogens is 176 g/mol. The second-order valence-electron chi connectivity index (χ2n) is 3.09. The number of nitrogens with one attached hydrogen (secondary N) is 1. The maximum atomic E-state index is 10.4. The Morgan fingerprint density at radius 2 is 2.21 bits per heavy atom. The molecule has 70 valence electrons. The Hall–Kier alpha value is -1.90. The molecule has 0 aliphatic rings. The van der Waals surface area contributed by atoms with Gasteiger partial charge < -0.3 is 5.32 Å². The molecule has 0 aliphatic carbocycles. The molecule has 0 bridgehead atoms. The lowest BCUT2D eigenvalue weighted by Gasteiger charge is -2.05. The highest BCUT2D eigenvalue weighted by atomic mass is 16.1. The van der Waals surface area contributed by atoms with Gasteiger partial charge in [-0.25, -0.2) is 0 Å². The Morgan fingerprint density at radius 1 is 1.36 bits per heavy atom. The summed E-state index contributed by atoms with van der Waals surface area (Å²) in [5, 5.41) is 3.63. The SMILES string of the molecule is Cc1ccc(NC=O)c2cccnc12. The molecule has 1 heterocycles. The summed E-state index contributed by atoms with van der Waals surface area (Å²) in [6.45, 7) is 2.00. The first kappa shape index (κ1) is 8.69. The Bertz CT molecular complexity index is 480. The fourth-order valence-corrected chi connectivity index (χ4v) is 1.50. The van der Waals surface area contributed by atoms with Crippen LogP contribution in [0.3, 0.4) is 0 Å². The van der Waals surface area contributed by atoms with Gasteiger partial charge >= 0.3 is 0 Å². The third-order valence-electron chi connectivity index (χ3n) is 2.19. The van der Waals surface area contributed by atoms with Crippen LogP contribution < -0.4 is 5.32 Å². The molecule has 2 rings (SSSR count). The predicted octanol–water partition coefficient (Wildman–Crippen LogP) is 2.11. The molecule has 1 aromatic heterocycles. The third-order valence-corrected chi connectivity index (χ3v) is 2.19. The molecule has 14 heavy (non-hydrogen) atoms. The molecule has 3 nitrogen and oxygen atoms in total. The zero-order valence-corrected chi connectivity index (χ0v) is 7.82. The summed E-state index contributed by atoms with van der Waals surface area (Å²) in [7, 11) is 0. The molecule has 1 amide bonds. The van der Waals surface area contributed by atoms with Crippen LogP contribution in [0, 0.1) is 6.92 Å². The van der Waals surface area contributed by atoms with Gasteiger partial charge in [0.05, 0.1) is 5.52 Å². The molecule has 1 aromatic carbocycles. The molecule has 0 saturated carbocycles. The van der Waals surface area contributed by atoms with Crippen molar-refractivity contribution in [1.29, 1.82) is 0 Å². The van der Waals surface area contributed by atoms with E-state index in [9.17, 15) is 4.79 Å². The van der Waals surface area contributed by atoms with Gasteiger partial charge in [0.15, 0.2) is 0 Å². The van der Waals surface area contributed by atoms with E-state index in [0.717, 1.165) is 22.2 Å². The number of anilines is 1. The number of hydrogen-bond acceptors (Lipinski definition) is 2. The van der Waals surface area contributed by atoms with Crippen molar-refractivity contribution in [3.63, 3.8) is 0 Å². The number of carbonyl (C=O) groups is 1. The first-order valence-corrected chi connectivity index (χ1v) is 4.37. The number of amides is 1. The van der Waals surface area contributed by atoms with Gasteiger partial charge in [-0.1, -0.05) is 6.07 Å². The topological polar surface area (TPSA) is 42.0 Å². The number of benzene rings is 1. The van der Waals surface area contributed by atoms with E-state index in [1.807, 2.05) is 31.2 Å². The Kier molecular flexibility index (Phi) is 2.14. The van der Waals surface area contributed by atoms with Crippen molar-refractivity contribution >= 4 is 23.0 Å². The van der Waals surface area contributed by atoms with E-state index in [-0.39, 0.29) is 0 Å². The van der Waals surface area contributed by atoms with Crippen LogP contribution in [0.4, 0.5) is 5.69 Å². The summed E-state index contributed by atoms with van der Waals surface area (Å²) < 4.78 is 0. The summed E-state index contributed by atoms with van der Waals surface area (Å²) >= 11 is 0. The maximum absolute atomic E-state index is 10.4. The molecule has 0 saturated heterocycles. The zero-order chi connectivity index (χ0) is 9.97. The van der Waals surface area contributed by atoms with E-state index < -0.39 is 0 Å². The summed E-state index contributed by atoms with van der Waals surface area (Å²) in [5.41, 5.74) is 2.84. The molecule has 1 N–H and O–H groups in total. The van der Waals surface area contributed by atoms with Crippen LogP contribution in [0.1, 0.15) is 5.56 Å². The van der Waals surface area contributed by atoms with Gasteiger partial charge in [-0.15, -0.1) is 0 Å². The van der Waals surface area contributed by atoms with Gasteiger partial charge in [-0.3, -0.25) is 9.78 Å². The molecular formula is C11H10N2O. The van der Waals surface area contributed by atoms with Crippen LogP contribution >= 0.6 is 0 Å². The van der Waals surface area contributed by atoms with Crippen LogP contribution in [0.25, 0.3) is 10.9 Å². The fraction of sp³-hybridized carbons (Fsp3) is 0.0909. The van der Waals surface area contributed by atoms with Gasteiger partial charge in [-0.2, -0.15) is 0 Å². The number of rotatable bonds is 2. The van der Waals surface area contributed by atoms with Gasteiger partial charge in [0.25, 0.3) is 0 Å². The normalized spacial score (nSPS) is 10.1. The van der Waals surface area contributed by atoms with E-state index >= 15 is 0 Å². The number of aryl methyl sites for hydroxylation is 1. The van der Waals surface area contributed by atoms with Crippen molar-refractivity contribution in [2.75, 3.05) is 5.32 Å². The van der Waals surface area contributed by atoms with E-state index in [4.69, 9.17) is 0 Å². The predicted molar refractivity (Wildman–Crippen MR) is 56.2 cm³/mol. The highest BCUT2D eigenvalue weighted by Crippen LogP contribution is 2.23. The average molecular weight is 186 g/mol. The quantitative estimate of drug-likeness (QED) is 0.730. The zero-order valence-electron chi connectivity index (χ0n) is 7.82. The van der Waals surface area contributed by atoms with Gasteiger partial charge in [0, 0.05) is 17.3 Å². The average Bonchev–Trinajstić information content (AvgIpc) is 2.23. The van der Waals surface area contributed by atoms with E-state index in [1.165, 1.54) is 0 Å². The molecule has 0 aliphatic heterocycles. The summed E-state index contributed by atoms with van der Waals surface area (Å²) in [5.74, 6) is 0. The highest BCUT2D eigenvalue weighted by Gasteiger charge is 2.02. The van der Waals surface area contributed by atoms with Gasteiger partial charge in [-0.05, 0) is 30.7 Å². The van der Waals surface area contributed by atoms with Crippen molar-refractivity contribution in [1.82, 2.24) is 4.98 Å². The first-order chi connectivity index (χ1) is 6.83. The van der Waals surface area contributed by atoms with Crippen LogP contribution in [0.15, 0.2) is 30.5 Å². The standard InChI is InChI=1S/C11H10N2O/c1-8-4-5-10(13-7-14)9-3-2-6-12-11(8)9/h2-7H,1H3,(H,13,14). The smallest absolute Gasteiger partial charge is 0.211 e. The minimum atomic E-state index is 0.678. The number of pyridine rings is 1. The number of carbonyl (C=O) groups excluding carboxylic acids is 1. The van der Waals surface area contributed by atoms with Crippen LogP contribution in [0.5, 0.6) is 0 Å². The lowest BCUT2D eigenvalue weighted by atomic mass is 10.1. The number of hydrogen-bond donors (Lipinski definition) is 1. The molecule has 0 radical (unpaired) electrons. The lowest BCUT2D eigenvalue weighted by molar-refractivity contribution is -0.105. The second kappa shape index (κ2) is 3.46. The van der Waals surface area contributed by atoms with Gasteiger partial charge in [0.1, 0.15) is 0 Å². The highest BCUT2D eigenvalue weighted by molar-refractivity contribution is 5.96. The molecule has 0 fully saturated rings. The van der Waals surface area contributed by atoms with Gasteiger partial charge in [0.2, 0.25) is 6.41 Å². The largest absolute Gasteiger partial charge is 0.328 e. The Labute approximate surface area is 81.8 Å². The van der Waals surface area contributed by atoms with Crippen molar-refractivity contribution in [3.8, 4) is 0 Å². The molecule has 0 atom stereocenters.